The molecule has 0 bridgehead atoms. The minimum atomic E-state index is -0.573. The van der Waals surface area contributed by atoms with E-state index < -0.39 is 17.4 Å². The number of aryl methyl sites for hydroxylation is 1. The number of hydrogen-bond donors (Lipinski definition) is 0. The highest BCUT2D eigenvalue weighted by molar-refractivity contribution is 6.11. The summed E-state index contributed by atoms with van der Waals surface area (Å²) in [5.41, 5.74) is 0.205. The second-order valence-electron chi connectivity index (χ2n) is 4.41. The number of hydrogen-bond acceptors (Lipinski definition) is 5. The predicted octanol–water partition coefficient (Wildman–Crippen LogP) is 0.316. The van der Waals surface area contributed by atoms with Crippen LogP contribution in [0.15, 0.2) is 15.3 Å². The van der Waals surface area contributed by atoms with Gasteiger partial charge in [-0.25, -0.2) is 4.79 Å². The van der Waals surface area contributed by atoms with Gasteiger partial charge in [0, 0.05) is 6.07 Å². The highest BCUT2D eigenvalue weighted by Crippen LogP contribution is 2.22. The van der Waals surface area contributed by atoms with Crippen LogP contribution in [0.5, 0.6) is 0 Å². The van der Waals surface area contributed by atoms with Gasteiger partial charge in [0.15, 0.2) is 0 Å². The molecule has 0 unspecified atom stereocenters. The molecule has 100 valence electrons. The molecule has 0 fully saturated rings. The number of imide groups is 1. The van der Waals surface area contributed by atoms with Crippen molar-refractivity contribution in [2.75, 3.05) is 6.54 Å². The highest BCUT2D eigenvalue weighted by atomic mass is 16.4. The molecule has 0 aliphatic carbocycles. The average molecular weight is 263 g/mol. The Bertz CT molecular complexity index is 628. The molecule has 0 atom stereocenters. The second kappa shape index (κ2) is 4.79. The van der Waals surface area contributed by atoms with E-state index in [0.717, 1.165) is 4.90 Å². The summed E-state index contributed by atoms with van der Waals surface area (Å²) in [6, 6.07) is 1.25. The average Bonchev–Trinajstić information content (AvgIpc) is 2.32. The van der Waals surface area contributed by atoms with E-state index in [0.29, 0.717) is 12.0 Å². The van der Waals surface area contributed by atoms with E-state index in [1.54, 1.807) is 6.92 Å². The van der Waals surface area contributed by atoms with Crippen molar-refractivity contribution < 1.29 is 18.8 Å². The summed E-state index contributed by atoms with van der Waals surface area (Å²) < 4.78 is 4.93. The van der Waals surface area contributed by atoms with Gasteiger partial charge in [0.1, 0.15) is 11.5 Å². The van der Waals surface area contributed by atoms with Crippen molar-refractivity contribution in [3.63, 3.8) is 0 Å². The van der Waals surface area contributed by atoms with Crippen molar-refractivity contribution in [2.24, 2.45) is 0 Å². The molecule has 2 rings (SSSR count). The van der Waals surface area contributed by atoms with Crippen LogP contribution in [0.4, 0.5) is 0 Å². The van der Waals surface area contributed by atoms with Crippen LogP contribution >= 0.6 is 0 Å². The van der Waals surface area contributed by atoms with Crippen LogP contribution in [-0.2, 0) is 22.4 Å². The molecule has 0 saturated heterocycles. The minimum Gasteiger partial charge on any atom is -0.426 e. The fourth-order valence-corrected chi connectivity index (χ4v) is 2.12. The standard InChI is InChI=1S/C13H13NO5/c1-3-8-4-11(17)19-9-5-10(16)14(6-7(2)15)13(18)12(8)9/h4H,3,5-6H2,1-2H3. The minimum absolute atomic E-state index is 0.0964. The van der Waals surface area contributed by atoms with Gasteiger partial charge in [0.05, 0.1) is 18.5 Å². The van der Waals surface area contributed by atoms with Gasteiger partial charge >= 0.3 is 5.63 Å². The largest absolute Gasteiger partial charge is 0.426 e. The maximum atomic E-state index is 12.2. The Hall–Kier alpha value is -2.24. The van der Waals surface area contributed by atoms with Gasteiger partial charge in [-0.05, 0) is 18.9 Å². The number of ketones is 1. The number of nitrogens with zero attached hydrogens (tertiary/aromatic N) is 1. The van der Waals surface area contributed by atoms with Crippen LogP contribution < -0.4 is 5.63 Å². The molecule has 1 aliphatic rings. The van der Waals surface area contributed by atoms with Gasteiger partial charge in [-0.1, -0.05) is 6.92 Å². The van der Waals surface area contributed by atoms with Gasteiger partial charge < -0.3 is 4.42 Å². The van der Waals surface area contributed by atoms with Gasteiger partial charge in [0.2, 0.25) is 5.91 Å². The summed E-state index contributed by atoms with van der Waals surface area (Å²) >= 11 is 0. The molecule has 6 nitrogen and oxygen atoms in total. The lowest BCUT2D eigenvalue weighted by atomic mass is 9.98. The van der Waals surface area contributed by atoms with Crippen LogP contribution in [0.25, 0.3) is 0 Å². The molecule has 1 aliphatic heterocycles. The first-order chi connectivity index (χ1) is 8.93. The molecule has 0 aromatic carbocycles. The Labute approximate surface area is 109 Å². The fraction of sp³-hybridized carbons (Fsp3) is 0.385. The Morgan fingerprint density at radius 2 is 2.05 bits per heavy atom. The van der Waals surface area contributed by atoms with Crippen LogP contribution in [0.3, 0.4) is 0 Å². The molecule has 2 heterocycles. The summed E-state index contributed by atoms with van der Waals surface area (Å²) in [4.78, 5) is 47.4. The second-order valence-corrected chi connectivity index (χ2v) is 4.41. The van der Waals surface area contributed by atoms with Gasteiger partial charge in [-0.15, -0.1) is 0 Å². The fourth-order valence-electron chi connectivity index (χ4n) is 2.12. The van der Waals surface area contributed by atoms with E-state index >= 15 is 0 Å². The van der Waals surface area contributed by atoms with E-state index in [1.165, 1.54) is 13.0 Å². The SMILES string of the molecule is CCc1cc(=O)oc2c1C(=O)N(CC(C)=O)C(=O)C2. The third kappa shape index (κ3) is 2.33. The molecular formula is C13H13NO5. The zero-order valence-corrected chi connectivity index (χ0v) is 10.7. The van der Waals surface area contributed by atoms with E-state index in [4.69, 9.17) is 4.42 Å². The molecule has 0 radical (unpaired) electrons. The lowest BCUT2D eigenvalue weighted by Crippen LogP contribution is -2.45. The highest BCUT2D eigenvalue weighted by Gasteiger charge is 2.35. The van der Waals surface area contributed by atoms with Gasteiger partial charge in [-0.3, -0.25) is 19.3 Å². The first-order valence-corrected chi connectivity index (χ1v) is 5.94. The first-order valence-electron chi connectivity index (χ1n) is 5.94. The van der Waals surface area contributed by atoms with Crippen molar-refractivity contribution in [1.29, 1.82) is 0 Å². The summed E-state index contributed by atoms with van der Waals surface area (Å²) in [5.74, 6) is -1.27. The predicted molar refractivity (Wildman–Crippen MR) is 64.8 cm³/mol. The van der Waals surface area contributed by atoms with E-state index in [2.05, 4.69) is 0 Å². The molecule has 0 N–H and O–H groups in total. The lowest BCUT2D eigenvalue weighted by molar-refractivity contribution is -0.132. The number of fused-ring (bicyclic) bond motifs is 1. The number of rotatable bonds is 3. The van der Waals surface area contributed by atoms with E-state index in [-0.39, 0.29) is 30.1 Å². The maximum Gasteiger partial charge on any atom is 0.336 e. The first kappa shape index (κ1) is 13.2. The Morgan fingerprint density at radius 3 is 2.63 bits per heavy atom. The Morgan fingerprint density at radius 1 is 1.37 bits per heavy atom. The quantitative estimate of drug-likeness (QED) is 0.733. The van der Waals surface area contributed by atoms with Crippen molar-refractivity contribution >= 4 is 17.6 Å². The topological polar surface area (TPSA) is 84.7 Å². The van der Waals surface area contributed by atoms with Crippen LogP contribution in [0, 0.1) is 0 Å². The lowest BCUT2D eigenvalue weighted by Gasteiger charge is -2.26. The van der Waals surface area contributed by atoms with Crippen molar-refractivity contribution in [3.05, 3.63) is 33.4 Å². The van der Waals surface area contributed by atoms with E-state index in [9.17, 15) is 19.2 Å². The third-order valence-corrected chi connectivity index (χ3v) is 2.95. The molecular weight excluding hydrogens is 250 g/mol. The van der Waals surface area contributed by atoms with Crippen molar-refractivity contribution in [3.8, 4) is 0 Å². The molecule has 6 heteroatoms. The summed E-state index contributed by atoms with van der Waals surface area (Å²) in [6.45, 7) is 2.86. The normalized spacial score (nSPS) is 14.5. The molecule has 0 spiro atoms. The monoisotopic (exact) mass is 263 g/mol. The van der Waals surface area contributed by atoms with Crippen molar-refractivity contribution in [1.82, 2.24) is 4.90 Å². The third-order valence-electron chi connectivity index (χ3n) is 2.95. The van der Waals surface area contributed by atoms with Gasteiger partial charge in [-0.2, -0.15) is 0 Å². The molecule has 19 heavy (non-hydrogen) atoms. The number of carbonyl (C=O) groups is 3. The summed E-state index contributed by atoms with van der Waals surface area (Å²) in [7, 11) is 0. The number of amides is 2. The van der Waals surface area contributed by atoms with Crippen LogP contribution in [-0.4, -0.2) is 29.0 Å². The van der Waals surface area contributed by atoms with Gasteiger partial charge in [0.25, 0.3) is 5.91 Å². The Balaban J connectivity index is 2.55. The summed E-state index contributed by atoms with van der Waals surface area (Å²) in [6.07, 6.45) is 0.305. The van der Waals surface area contributed by atoms with Crippen molar-refractivity contribution in [2.45, 2.75) is 26.7 Å². The Kier molecular flexibility index (Phi) is 3.33. The maximum absolute atomic E-state index is 12.2. The van der Waals surface area contributed by atoms with Crippen LogP contribution in [0.2, 0.25) is 0 Å². The molecule has 1 aromatic rings. The molecule has 2 amide bonds. The van der Waals surface area contributed by atoms with Crippen LogP contribution in [0.1, 0.15) is 35.5 Å². The number of Topliss-reactive ketones (excluding diaryl/α,β-unsaturated/α-hetero) is 1. The zero-order valence-electron chi connectivity index (χ0n) is 10.7. The number of carbonyl (C=O) groups excluding carboxylic acids is 3. The molecule has 1 aromatic heterocycles. The smallest absolute Gasteiger partial charge is 0.336 e. The molecule has 0 saturated carbocycles. The van der Waals surface area contributed by atoms with E-state index in [1.807, 2.05) is 0 Å². The zero-order chi connectivity index (χ0) is 14.2. The summed E-state index contributed by atoms with van der Waals surface area (Å²) in [5, 5.41) is 0.